The molecule has 0 aromatic heterocycles. The van der Waals surface area contributed by atoms with Crippen LogP contribution in [0.1, 0.15) is 63.0 Å². The number of hydrogen-bond donors (Lipinski definition) is 1. The number of benzene rings is 1. The second-order valence-electron chi connectivity index (χ2n) is 6.46. The Morgan fingerprint density at radius 1 is 1.10 bits per heavy atom. The number of aryl methyl sites for hydroxylation is 1. The summed E-state index contributed by atoms with van der Waals surface area (Å²) in [6.45, 7) is 5.53. The van der Waals surface area contributed by atoms with Gasteiger partial charge in [0.05, 0.1) is 0 Å². The minimum absolute atomic E-state index is 0.667. The minimum Gasteiger partial charge on any atom is -0.314 e. The number of likely N-dealkylation sites (N-methyl/N-ethyl adjacent to an activating group) is 1. The molecule has 0 saturated heterocycles. The molecule has 2 rings (SSSR count). The van der Waals surface area contributed by atoms with Crippen LogP contribution in [0.3, 0.4) is 0 Å². The van der Waals surface area contributed by atoms with Gasteiger partial charge in [-0.15, -0.1) is 0 Å². The van der Waals surface area contributed by atoms with Crippen molar-refractivity contribution >= 4 is 0 Å². The van der Waals surface area contributed by atoms with Crippen molar-refractivity contribution in [3.8, 4) is 0 Å². The fraction of sp³-hybridized carbons (Fsp3) is 0.684. The maximum atomic E-state index is 3.77. The summed E-state index contributed by atoms with van der Waals surface area (Å²) in [7, 11) is 0. The van der Waals surface area contributed by atoms with Crippen molar-refractivity contribution in [2.45, 2.75) is 71.3 Å². The summed E-state index contributed by atoms with van der Waals surface area (Å²) in [5.74, 6) is 0.871. The molecule has 1 aliphatic carbocycles. The van der Waals surface area contributed by atoms with Gasteiger partial charge in [0.1, 0.15) is 0 Å². The fourth-order valence-electron chi connectivity index (χ4n) is 3.65. The molecule has 0 bridgehead atoms. The predicted octanol–water partition coefficient (Wildman–Crippen LogP) is 4.88. The lowest BCUT2D eigenvalue weighted by atomic mass is 9.83. The van der Waals surface area contributed by atoms with Crippen LogP contribution < -0.4 is 5.32 Å². The molecule has 0 radical (unpaired) electrons. The van der Waals surface area contributed by atoms with Gasteiger partial charge in [-0.05, 0) is 44.2 Å². The fourth-order valence-corrected chi connectivity index (χ4v) is 3.65. The van der Waals surface area contributed by atoms with Crippen LogP contribution in [-0.2, 0) is 6.42 Å². The van der Waals surface area contributed by atoms with Crippen molar-refractivity contribution in [2.75, 3.05) is 6.54 Å². The highest BCUT2D eigenvalue weighted by molar-refractivity contribution is 5.23. The SMILES string of the molecule is CCNC(Cc1cccc(C)c1)C1CCCCCCC1. The van der Waals surface area contributed by atoms with Gasteiger partial charge in [-0.2, -0.15) is 0 Å². The molecule has 0 amide bonds. The lowest BCUT2D eigenvalue weighted by molar-refractivity contribution is 0.286. The average molecular weight is 273 g/mol. The number of rotatable bonds is 5. The third-order valence-corrected chi connectivity index (χ3v) is 4.72. The Hall–Kier alpha value is -0.820. The predicted molar refractivity (Wildman–Crippen MR) is 88.2 cm³/mol. The van der Waals surface area contributed by atoms with E-state index in [1.54, 1.807) is 0 Å². The summed E-state index contributed by atoms with van der Waals surface area (Å²) in [6.07, 6.45) is 11.2. The van der Waals surface area contributed by atoms with Gasteiger partial charge in [-0.3, -0.25) is 0 Å². The van der Waals surface area contributed by atoms with Crippen LogP contribution in [0.15, 0.2) is 24.3 Å². The molecular formula is C19H31N. The van der Waals surface area contributed by atoms with Gasteiger partial charge in [0, 0.05) is 6.04 Å². The Morgan fingerprint density at radius 2 is 1.80 bits per heavy atom. The zero-order valence-electron chi connectivity index (χ0n) is 13.3. The molecule has 1 aromatic carbocycles. The molecule has 1 saturated carbocycles. The molecule has 1 atom stereocenters. The highest BCUT2D eigenvalue weighted by Crippen LogP contribution is 2.26. The summed E-state index contributed by atoms with van der Waals surface area (Å²) in [5, 5.41) is 3.77. The molecule has 0 heterocycles. The molecule has 1 aliphatic rings. The number of nitrogens with one attached hydrogen (secondary N) is 1. The first-order valence-corrected chi connectivity index (χ1v) is 8.58. The molecule has 1 fully saturated rings. The zero-order chi connectivity index (χ0) is 14.2. The van der Waals surface area contributed by atoms with E-state index < -0.39 is 0 Å². The van der Waals surface area contributed by atoms with E-state index in [-0.39, 0.29) is 0 Å². The van der Waals surface area contributed by atoms with Crippen molar-refractivity contribution in [3.63, 3.8) is 0 Å². The van der Waals surface area contributed by atoms with Crippen LogP contribution in [0.5, 0.6) is 0 Å². The van der Waals surface area contributed by atoms with Crippen molar-refractivity contribution < 1.29 is 0 Å². The first-order valence-electron chi connectivity index (χ1n) is 8.58. The molecule has 1 aromatic rings. The van der Waals surface area contributed by atoms with Gasteiger partial charge < -0.3 is 5.32 Å². The molecule has 1 unspecified atom stereocenters. The quantitative estimate of drug-likeness (QED) is 0.806. The van der Waals surface area contributed by atoms with Crippen LogP contribution in [0.2, 0.25) is 0 Å². The Kier molecular flexibility index (Phi) is 6.59. The van der Waals surface area contributed by atoms with Crippen molar-refractivity contribution in [1.29, 1.82) is 0 Å². The van der Waals surface area contributed by atoms with Gasteiger partial charge in [0.25, 0.3) is 0 Å². The standard InChI is InChI=1S/C19H31N/c1-3-20-19(15-17-11-9-10-16(2)14-17)18-12-7-5-4-6-8-13-18/h9-11,14,18-20H,3-8,12-13,15H2,1-2H3. The van der Waals surface area contributed by atoms with Crippen LogP contribution >= 0.6 is 0 Å². The monoisotopic (exact) mass is 273 g/mol. The summed E-state index contributed by atoms with van der Waals surface area (Å²) in [6, 6.07) is 9.71. The molecule has 1 N–H and O–H groups in total. The van der Waals surface area contributed by atoms with Crippen molar-refractivity contribution in [1.82, 2.24) is 5.32 Å². The zero-order valence-corrected chi connectivity index (χ0v) is 13.3. The van der Waals surface area contributed by atoms with E-state index in [1.807, 2.05) is 0 Å². The molecule has 1 nitrogen and oxygen atoms in total. The Labute approximate surface area is 125 Å². The molecule has 0 spiro atoms. The lowest BCUT2D eigenvalue weighted by Crippen LogP contribution is -2.38. The van der Waals surface area contributed by atoms with Gasteiger partial charge in [0.2, 0.25) is 0 Å². The van der Waals surface area contributed by atoms with Crippen molar-refractivity contribution in [3.05, 3.63) is 35.4 Å². The van der Waals surface area contributed by atoms with Gasteiger partial charge in [0.15, 0.2) is 0 Å². The van der Waals surface area contributed by atoms with E-state index in [9.17, 15) is 0 Å². The maximum absolute atomic E-state index is 3.77. The number of hydrogen-bond acceptors (Lipinski definition) is 1. The molecule has 112 valence electrons. The summed E-state index contributed by atoms with van der Waals surface area (Å²) >= 11 is 0. The second kappa shape index (κ2) is 8.46. The third kappa shape index (κ3) is 4.94. The first-order chi connectivity index (χ1) is 9.79. The minimum atomic E-state index is 0.667. The Balaban J connectivity index is 2.00. The van der Waals surface area contributed by atoms with E-state index in [0.29, 0.717) is 6.04 Å². The van der Waals surface area contributed by atoms with E-state index in [4.69, 9.17) is 0 Å². The largest absolute Gasteiger partial charge is 0.314 e. The van der Waals surface area contributed by atoms with Gasteiger partial charge in [-0.25, -0.2) is 0 Å². The Bertz CT molecular complexity index is 377. The van der Waals surface area contributed by atoms with Crippen LogP contribution in [0.4, 0.5) is 0 Å². The third-order valence-electron chi connectivity index (χ3n) is 4.72. The second-order valence-corrected chi connectivity index (χ2v) is 6.46. The first kappa shape index (κ1) is 15.6. The van der Waals surface area contributed by atoms with E-state index in [1.165, 1.54) is 62.5 Å². The van der Waals surface area contributed by atoms with Crippen LogP contribution in [0.25, 0.3) is 0 Å². The van der Waals surface area contributed by atoms with Crippen LogP contribution in [-0.4, -0.2) is 12.6 Å². The van der Waals surface area contributed by atoms with Crippen LogP contribution in [0, 0.1) is 12.8 Å². The topological polar surface area (TPSA) is 12.0 Å². The molecule has 1 heteroatoms. The smallest absolute Gasteiger partial charge is 0.0136 e. The van der Waals surface area contributed by atoms with E-state index in [0.717, 1.165) is 12.5 Å². The average Bonchev–Trinajstić information content (AvgIpc) is 2.38. The molecular weight excluding hydrogens is 242 g/mol. The van der Waals surface area contributed by atoms with E-state index in [2.05, 4.69) is 43.4 Å². The Morgan fingerprint density at radius 3 is 2.45 bits per heavy atom. The van der Waals surface area contributed by atoms with E-state index >= 15 is 0 Å². The lowest BCUT2D eigenvalue weighted by Gasteiger charge is -2.29. The molecule has 0 aliphatic heterocycles. The highest BCUT2D eigenvalue weighted by Gasteiger charge is 2.21. The highest BCUT2D eigenvalue weighted by atomic mass is 14.9. The van der Waals surface area contributed by atoms with Gasteiger partial charge >= 0.3 is 0 Å². The van der Waals surface area contributed by atoms with Gasteiger partial charge in [-0.1, -0.05) is 68.9 Å². The van der Waals surface area contributed by atoms with Crippen molar-refractivity contribution in [2.24, 2.45) is 5.92 Å². The summed E-state index contributed by atoms with van der Waals surface area (Å²) in [5.41, 5.74) is 2.88. The maximum Gasteiger partial charge on any atom is 0.0136 e. The normalized spacial score (nSPS) is 19.3. The summed E-state index contributed by atoms with van der Waals surface area (Å²) in [4.78, 5) is 0. The molecule has 20 heavy (non-hydrogen) atoms. The summed E-state index contributed by atoms with van der Waals surface area (Å²) < 4.78 is 0.